The molecule has 0 saturated carbocycles. The molecule has 1 N–H and O–H groups in total. The molecule has 0 fully saturated rings. The summed E-state index contributed by atoms with van der Waals surface area (Å²) in [5, 5.41) is 2.89. The maximum Gasteiger partial charge on any atom is 0.264 e. The molecule has 3 rings (SSSR count). The summed E-state index contributed by atoms with van der Waals surface area (Å²) < 4.78 is 38.2. The van der Waals surface area contributed by atoms with Crippen molar-refractivity contribution in [3.8, 4) is 11.5 Å². The predicted octanol–water partition coefficient (Wildman–Crippen LogP) is 4.48. The van der Waals surface area contributed by atoms with Crippen LogP contribution < -0.4 is 19.1 Å². The van der Waals surface area contributed by atoms with E-state index in [4.69, 9.17) is 9.47 Å². The number of carbonyl (C=O) groups is 1. The normalized spacial score (nSPS) is 12.0. The lowest BCUT2D eigenvalue weighted by Crippen LogP contribution is -2.31. The van der Waals surface area contributed by atoms with Gasteiger partial charge in [0.15, 0.2) is 6.61 Å². The molecule has 8 heteroatoms. The third kappa shape index (κ3) is 6.08. The van der Waals surface area contributed by atoms with Gasteiger partial charge >= 0.3 is 0 Å². The van der Waals surface area contributed by atoms with E-state index in [1.54, 1.807) is 62.6 Å². The van der Waals surface area contributed by atoms with Crippen LogP contribution in [0.2, 0.25) is 0 Å². The number of methoxy groups -OCH3 is 1. The highest BCUT2D eigenvalue weighted by Gasteiger charge is 2.23. The van der Waals surface area contributed by atoms with Crippen molar-refractivity contribution in [2.24, 2.45) is 0 Å². The van der Waals surface area contributed by atoms with E-state index in [2.05, 4.69) is 5.32 Å². The minimum absolute atomic E-state index is 0.154. The molecule has 0 aliphatic rings. The van der Waals surface area contributed by atoms with Gasteiger partial charge in [0.05, 0.1) is 23.7 Å². The van der Waals surface area contributed by atoms with Crippen LogP contribution in [0.5, 0.6) is 11.5 Å². The molecule has 0 saturated heterocycles. The molecule has 0 radical (unpaired) electrons. The zero-order valence-electron chi connectivity index (χ0n) is 19.8. The fourth-order valence-corrected chi connectivity index (χ4v) is 4.92. The van der Waals surface area contributed by atoms with Crippen molar-refractivity contribution in [3.63, 3.8) is 0 Å². The molecule has 0 aliphatic heterocycles. The van der Waals surface area contributed by atoms with Crippen LogP contribution in [-0.4, -0.2) is 34.6 Å². The molecule has 1 amide bonds. The predicted molar refractivity (Wildman–Crippen MR) is 133 cm³/mol. The van der Waals surface area contributed by atoms with Crippen molar-refractivity contribution in [1.29, 1.82) is 0 Å². The summed E-state index contributed by atoms with van der Waals surface area (Å²) in [6.45, 7) is 5.71. The van der Waals surface area contributed by atoms with E-state index in [9.17, 15) is 13.2 Å². The summed E-state index contributed by atoms with van der Waals surface area (Å²) in [6.07, 6.45) is 0. The van der Waals surface area contributed by atoms with Gasteiger partial charge in [-0.15, -0.1) is 0 Å². The van der Waals surface area contributed by atoms with Crippen molar-refractivity contribution < 1.29 is 22.7 Å². The lowest BCUT2D eigenvalue weighted by Gasteiger charge is -2.23. The Morgan fingerprint density at radius 1 is 0.941 bits per heavy atom. The van der Waals surface area contributed by atoms with Crippen molar-refractivity contribution >= 4 is 21.6 Å². The third-order valence-corrected chi connectivity index (χ3v) is 7.30. The molecule has 34 heavy (non-hydrogen) atoms. The SMILES string of the molecule is CCN(c1ccc(OCC(=O)N[C@H](C)c2ccc(OC)cc2)cc1)S(=O)(=O)c1ccc(C)cc1. The third-order valence-electron chi connectivity index (χ3n) is 5.38. The average molecular weight is 483 g/mol. The monoisotopic (exact) mass is 482 g/mol. The summed E-state index contributed by atoms with van der Waals surface area (Å²) in [6, 6.07) is 20.7. The van der Waals surface area contributed by atoms with Gasteiger partial charge in [0, 0.05) is 6.54 Å². The lowest BCUT2D eigenvalue weighted by molar-refractivity contribution is -0.123. The van der Waals surface area contributed by atoms with Crippen LogP contribution in [0.15, 0.2) is 77.7 Å². The van der Waals surface area contributed by atoms with Crippen molar-refractivity contribution in [2.45, 2.75) is 31.7 Å². The Labute approximate surface area is 201 Å². The topological polar surface area (TPSA) is 84.9 Å². The number of hydrogen-bond donors (Lipinski definition) is 1. The maximum atomic E-state index is 13.1. The molecule has 0 bridgehead atoms. The first-order valence-electron chi connectivity index (χ1n) is 11.0. The van der Waals surface area contributed by atoms with Crippen LogP contribution in [-0.2, 0) is 14.8 Å². The van der Waals surface area contributed by atoms with Crippen LogP contribution in [0.25, 0.3) is 0 Å². The number of hydrogen-bond acceptors (Lipinski definition) is 5. The summed E-state index contributed by atoms with van der Waals surface area (Å²) in [5.41, 5.74) is 2.46. The minimum Gasteiger partial charge on any atom is -0.497 e. The maximum absolute atomic E-state index is 13.1. The van der Waals surface area contributed by atoms with E-state index in [1.165, 1.54) is 4.31 Å². The number of aryl methyl sites for hydroxylation is 1. The lowest BCUT2D eigenvalue weighted by atomic mass is 10.1. The van der Waals surface area contributed by atoms with Gasteiger partial charge in [0.25, 0.3) is 15.9 Å². The molecule has 0 spiro atoms. The zero-order valence-corrected chi connectivity index (χ0v) is 20.6. The second kappa shape index (κ2) is 11.1. The highest BCUT2D eigenvalue weighted by atomic mass is 32.2. The second-order valence-corrected chi connectivity index (χ2v) is 9.69. The van der Waals surface area contributed by atoms with Gasteiger partial charge in [-0.05, 0) is 74.9 Å². The van der Waals surface area contributed by atoms with Gasteiger partial charge in [0.2, 0.25) is 0 Å². The van der Waals surface area contributed by atoms with Gasteiger partial charge < -0.3 is 14.8 Å². The first-order valence-corrected chi connectivity index (χ1v) is 12.4. The molecule has 7 nitrogen and oxygen atoms in total. The van der Waals surface area contributed by atoms with E-state index in [0.717, 1.165) is 16.9 Å². The quantitative estimate of drug-likeness (QED) is 0.461. The summed E-state index contributed by atoms with van der Waals surface area (Å²) in [4.78, 5) is 12.5. The summed E-state index contributed by atoms with van der Waals surface area (Å²) >= 11 is 0. The van der Waals surface area contributed by atoms with Gasteiger partial charge in [-0.1, -0.05) is 29.8 Å². The van der Waals surface area contributed by atoms with Gasteiger partial charge in [-0.25, -0.2) is 8.42 Å². The Hall–Kier alpha value is -3.52. The number of benzene rings is 3. The number of amides is 1. The summed E-state index contributed by atoms with van der Waals surface area (Å²) in [5.74, 6) is 0.965. The van der Waals surface area contributed by atoms with Crippen molar-refractivity contribution in [3.05, 3.63) is 83.9 Å². The molecule has 0 unspecified atom stereocenters. The Bertz CT molecular complexity index is 1190. The number of carbonyl (C=O) groups excluding carboxylic acids is 1. The molecule has 3 aromatic rings. The number of sulfonamides is 1. The molecule has 0 heterocycles. The second-order valence-electron chi connectivity index (χ2n) is 7.83. The highest BCUT2D eigenvalue weighted by molar-refractivity contribution is 7.92. The molecule has 0 aromatic heterocycles. The average Bonchev–Trinajstić information content (AvgIpc) is 2.84. The molecule has 1 atom stereocenters. The fourth-order valence-electron chi connectivity index (χ4n) is 3.45. The zero-order chi connectivity index (χ0) is 24.7. The first kappa shape index (κ1) is 25.1. The van der Waals surface area contributed by atoms with Crippen molar-refractivity contribution in [2.75, 3.05) is 24.6 Å². The van der Waals surface area contributed by atoms with Crippen molar-refractivity contribution in [1.82, 2.24) is 5.32 Å². The smallest absolute Gasteiger partial charge is 0.264 e. The first-order chi connectivity index (χ1) is 16.2. The van der Waals surface area contributed by atoms with Gasteiger partial charge in [-0.3, -0.25) is 9.10 Å². The number of rotatable bonds is 10. The molecule has 0 aliphatic carbocycles. The Morgan fingerprint density at radius 3 is 2.09 bits per heavy atom. The van der Waals surface area contributed by atoms with Crippen LogP contribution in [0.1, 0.15) is 31.0 Å². The van der Waals surface area contributed by atoms with Crippen LogP contribution in [0.4, 0.5) is 5.69 Å². The molecule has 3 aromatic carbocycles. The van der Waals surface area contributed by atoms with E-state index >= 15 is 0 Å². The van der Waals surface area contributed by atoms with E-state index in [-0.39, 0.29) is 30.0 Å². The number of nitrogens with zero attached hydrogens (tertiary/aromatic N) is 1. The van der Waals surface area contributed by atoms with Gasteiger partial charge in [0.1, 0.15) is 11.5 Å². The number of ether oxygens (including phenoxy) is 2. The largest absolute Gasteiger partial charge is 0.497 e. The molecule has 180 valence electrons. The highest BCUT2D eigenvalue weighted by Crippen LogP contribution is 2.26. The Morgan fingerprint density at radius 2 is 1.53 bits per heavy atom. The van der Waals surface area contributed by atoms with Crippen LogP contribution in [0, 0.1) is 6.92 Å². The van der Waals surface area contributed by atoms with Crippen LogP contribution in [0.3, 0.4) is 0 Å². The Kier molecular flexibility index (Phi) is 8.17. The van der Waals surface area contributed by atoms with Crippen LogP contribution >= 0.6 is 0 Å². The molecular weight excluding hydrogens is 452 g/mol. The van der Waals surface area contributed by atoms with Gasteiger partial charge in [-0.2, -0.15) is 0 Å². The fraction of sp³-hybridized carbons (Fsp3) is 0.269. The van der Waals surface area contributed by atoms with E-state index < -0.39 is 10.0 Å². The number of anilines is 1. The minimum atomic E-state index is -3.68. The van der Waals surface area contributed by atoms with E-state index in [0.29, 0.717) is 11.4 Å². The Balaban J connectivity index is 1.60. The molecular formula is C26H30N2O5S. The van der Waals surface area contributed by atoms with E-state index in [1.807, 2.05) is 38.1 Å². The number of nitrogens with one attached hydrogen (secondary N) is 1. The summed E-state index contributed by atoms with van der Waals surface area (Å²) in [7, 11) is -2.08. The standard InChI is InChI=1S/C26H30N2O5S/c1-5-28(34(30,31)25-16-6-19(2)7-17-25)22-10-14-24(15-11-22)33-18-26(29)27-20(3)21-8-12-23(32-4)13-9-21/h6-17,20H,5,18H2,1-4H3,(H,27,29)/t20-/m1/s1.